The summed E-state index contributed by atoms with van der Waals surface area (Å²) in [7, 11) is 0. The van der Waals surface area contributed by atoms with E-state index in [1.807, 2.05) is 10.00 Å². The Morgan fingerprint density at radius 3 is 2.56 bits per heavy atom. The molecule has 0 bridgehead atoms. The number of piperidine rings is 1. The maximum atomic E-state index is 13.1. The summed E-state index contributed by atoms with van der Waals surface area (Å²) in [5.74, 6) is 0.419. The zero-order chi connectivity index (χ0) is 24.1. The van der Waals surface area contributed by atoms with Gasteiger partial charge in [-0.1, -0.05) is 0 Å². The number of H-pyrrole nitrogens is 1. The van der Waals surface area contributed by atoms with Gasteiger partial charge in [-0.3, -0.25) is 9.50 Å². The number of nitrogens with one attached hydrogen (secondary N) is 1. The predicted molar refractivity (Wildman–Crippen MR) is 107 cm³/mol. The highest BCUT2D eigenvalue weighted by molar-refractivity contribution is 5.58. The number of alkyl halides is 6. The average Bonchev–Trinajstić information content (AvgIpc) is 3.46. The maximum Gasteiger partial charge on any atom is 0.434 e. The molecule has 1 unspecified atom stereocenters. The van der Waals surface area contributed by atoms with Crippen LogP contribution in [0.2, 0.25) is 0 Å². The minimum atomic E-state index is -4.63. The van der Waals surface area contributed by atoms with Gasteiger partial charge in [0.05, 0.1) is 18.1 Å². The SMILES string of the molecule is FC(F)(F)c1cn2c(-c3nccc(N4CCCC(c5cc(C(F)(F)F)[nH]n5)C4)n3)cnc2cn1. The van der Waals surface area contributed by atoms with Gasteiger partial charge in [0, 0.05) is 31.4 Å². The van der Waals surface area contributed by atoms with Crippen molar-refractivity contribution in [3.63, 3.8) is 0 Å². The third-order valence-corrected chi connectivity index (χ3v) is 5.62. The van der Waals surface area contributed by atoms with Crippen molar-refractivity contribution in [3.8, 4) is 11.5 Å². The van der Waals surface area contributed by atoms with E-state index in [0.29, 0.717) is 37.4 Å². The van der Waals surface area contributed by atoms with Gasteiger partial charge in [0.15, 0.2) is 17.2 Å². The number of hydrogen-bond donors (Lipinski definition) is 1. The number of fused-ring (bicyclic) bond motifs is 1. The molecule has 1 fully saturated rings. The summed E-state index contributed by atoms with van der Waals surface area (Å²) in [6.45, 7) is 0.993. The van der Waals surface area contributed by atoms with Crippen LogP contribution in [0.25, 0.3) is 17.2 Å². The summed E-state index contributed by atoms with van der Waals surface area (Å²) < 4.78 is 79.3. The van der Waals surface area contributed by atoms with E-state index in [2.05, 4.69) is 25.0 Å². The monoisotopic (exact) mass is 482 g/mol. The van der Waals surface area contributed by atoms with Crippen LogP contribution >= 0.6 is 0 Å². The van der Waals surface area contributed by atoms with Crippen molar-refractivity contribution in [2.75, 3.05) is 18.0 Å². The minimum absolute atomic E-state index is 0.158. The second kappa shape index (κ2) is 7.95. The average molecular weight is 482 g/mol. The van der Waals surface area contributed by atoms with Crippen molar-refractivity contribution in [3.05, 3.63) is 54.0 Å². The van der Waals surface area contributed by atoms with Crippen LogP contribution in [0.1, 0.15) is 35.8 Å². The first kappa shape index (κ1) is 22.1. The van der Waals surface area contributed by atoms with Gasteiger partial charge < -0.3 is 4.90 Å². The molecule has 0 saturated carbocycles. The highest BCUT2D eigenvalue weighted by Gasteiger charge is 2.35. The van der Waals surface area contributed by atoms with E-state index in [0.717, 1.165) is 18.5 Å². The number of hydrogen-bond acceptors (Lipinski definition) is 6. The first-order valence-corrected chi connectivity index (χ1v) is 10.2. The Morgan fingerprint density at radius 1 is 1.00 bits per heavy atom. The summed E-state index contributed by atoms with van der Waals surface area (Å²) >= 11 is 0. The fourth-order valence-corrected chi connectivity index (χ4v) is 3.97. The molecule has 1 aliphatic heterocycles. The molecule has 4 aromatic heterocycles. The third kappa shape index (κ3) is 4.15. The fraction of sp³-hybridized carbons (Fsp3) is 0.350. The highest BCUT2D eigenvalue weighted by Crippen LogP contribution is 2.33. The summed E-state index contributed by atoms with van der Waals surface area (Å²) in [6.07, 6.45) is -3.08. The van der Waals surface area contributed by atoms with Gasteiger partial charge in [-0.05, 0) is 25.0 Å². The predicted octanol–water partition coefficient (Wildman–Crippen LogP) is 4.33. The van der Waals surface area contributed by atoms with Gasteiger partial charge in [-0.25, -0.2) is 19.9 Å². The second-order valence-corrected chi connectivity index (χ2v) is 7.87. The summed E-state index contributed by atoms with van der Waals surface area (Å²) in [4.78, 5) is 18.0. The molecule has 8 nitrogen and oxygen atoms in total. The Balaban J connectivity index is 1.43. The molecule has 1 atom stereocenters. The lowest BCUT2D eigenvalue weighted by atomic mass is 9.94. The molecule has 5 rings (SSSR count). The Hall–Kier alpha value is -3.71. The smallest absolute Gasteiger partial charge is 0.356 e. The normalized spacial score (nSPS) is 17.5. The summed E-state index contributed by atoms with van der Waals surface area (Å²) in [5, 5.41) is 5.88. The number of nitrogens with zero attached hydrogens (tertiary/aromatic N) is 7. The Bertz CT molecular complexity index is 1320. The van der Waals surface area contributed by atoms with Crippen LogP contribution in [0.15, 0.2) is 36.9 Å². The molecular weight excluding hydrogens is 466 g/mol. The molecule has 0 amide bonds. The van der Waals surface area contributed by atoms with Gasteiger partial charge in [0.25, 0.3) is 0 Å². The van der Waals surface area contributed by atoms with Crippen molar-refractivity contribution < 1.29 is 26.3 Å². The van der Waals surface area contributed by atoms with E-state index in [1.54, 1.807) is 6.07 Å². The summed E-state index contributed by atoms with van der Waals surface area (Å²) in [6, 6.07) is 2.66. The molecule has 0 aromatic carbocycles. The zero-order valence-corrected chi connectivity index (χ0v) is 17.3. The van der Waals surface area contributed by atoms with E-state index in [4.69, 9.17) is 0 Å². The fourth-order valence-electron chi connectivity index (χ4n) is 3.97. The Kier molecular flexibility index (Phi) is 5.17. The molecule has 0 aliphatic carbocycles. The van der Waals surface area contributed by atoms with E-state index in [1.165, 1.54) is 16.8 Å². The van der Waals surface area contributed by atoms with Gasteiger partial charge in [0.1, 0.15) is 17.2 Å². The van der Waals surface area contributed by atoms with Crippen LogP contribution < -0.4 is 4.90 Å². The quantitative estimate of drug-likeness (QED) is 0.438. The Morgan fingerprint density at radius 2 is 1.82 bits per heavy atom. The molecular formula is C20H16F6N8. The van der Waals surface area contributed by atoms with Crippen molar-refractivity contribution >= 4 is 11.5 Å². The van der Waals surface area contributed by atoms with Crippen LogP contribution in [-0.2, 0) is 12.4 Å². The molecule has 0 spiro atoms. The number of rotatable bonds is 3. The molecule has 4 aromatic rings. The lowest BCUT2D eigenvalue weighted by Gasteiger charge is -2.32. The van der Waals surface area contributed by atoms with Gasteiger partial charge in [-0.2, -0.15) is 31.4 Å². The van der Waals surface area contributed by atoms with Crippen molar-refractivity contribution in [2.24, 2.45) is 0 Å². The molecule has 1 N–H and O–H groups in total. The van der Waals surface area contributed by atoms with Crippen LogP contribution in [0.5, 0.6) is 0 Å². The van der Waals surface area contributed by atoms with E-state index in [9.17, 15) is 26.3 Å². The van der Waals surface area contributed by atoms with Gasteiger partial charge in [-0.15, -0.1) is 0 Å². The van der Waals surface area contributed by atoms with Crippen LogP contribution in [-0.4, -0.2) is 47.6 Å². The number of halogens is 6. The first-order chi connectivity index (χ1) is 16.1. The molecule has 14 heteroatoms. The third-order valence-electron chi connectivity index (χ3n) is 5.62. The lowest BCUT2D eigenvalue weighted by Crippen LogP contribution is -2.35. The van der Waals surface area contributed by atoms with Crippen LogP contribution in [0, 0.1) is 0 Å². The molecule has 178 valence electrons. The van der Waals surface area contributed by atoms with Crippen LogP contribution in [0.4, 0.5) is 32.2 Å². The van der Waals surface area contributed by atoms with E-state index in [-0.39, 0.29) is 23.1 Å². The molecule has 0 radical (unpaired) electrons. The molecule has 34 heavy (non-hydrogen) atoms. The topological polar surface area (TPSA) is 87.9 Å². The number of aromatic amines is 1. The van der Waals surface area contributed by atoms with Crippen molar-refractivity contribution in [2.45, 2.75) is 31.1 Å². The Labute approximate surface area is 187 Å². The number of aromatic nitrogens is 7. The zero-order valence-electron chi connectivity index (χ0n) is 17.3. The van der Waals surface area contributed by atoms with Crippen LogP contribution in [0.3, 0.4) is 0 Å². The standard InChI is InChI=1S/C20H16F6N8/c21-19(22,23)14-6-12(31-32-14)11-2-1-5-33(9-11)16-3-4-27-18(30-16)13-7-29-17-8-28-15(10-34(13)17)20(24,25)26/h3-4,6-8,10-11H,1-2,5,9H2,(H,31,32). The molecule has 5 heterocycles. The largest absolute Gasteiger partial charge is 0.434 e. The number of imidazole rings is 1. The van der Waals surface area contributed by atoms with Gasteiger partial charge in [0.2, 0.25) is 0 Å². The minimum Gasteiger partial charge on any atom is -0.356 e. The summed E-state index contributed by atoms with van der Waals surface area (Å²) in [5.41, 5.74) is -1.20. The highest BCUT2D eigenvalue weighted by atomic mass is 19.4. The van der Waals surface area contributed by atoms with Crippen molar-refractivity contribution in [1.29, 1.82) is 0 Å². The molecule has 1 aliphatic rings. The van der Waals surface area contributed by atoms with Crippen molar-refractivity contribution in [1.82, 2.24) is 34.5 Å². The maximum absolute atomic E-state index is 13.1. The number of anilines is 1. The van der Waals surface area contributed by atoms with E-state index < -0.39 is 23.7 Å². The van der Waals surface area contributed by atoms with E-state index >= 15 is 0 Å². The lowest BCUT2D eigenvalue weighted by molar-refractivity contribution is -0.142. The molecule has 1 saturated heterocycles. The van der Waals surface area contributed by atoms with Gasteiger partial charge >= 0.3 is 12.4 Å². The first-order valence-electron chi connectivity index (χ1n) is 10.2. The second-order valence-electron chi connectivity index (χ2n) is 7.87.